The van der Waals surface area contributed by atoms with Crippen molar-refractivity contribution < 1.29 is 14.9 Å². The molecule has 0 aliphatic rings. The second-order valence-electron chi connectivity index (χ2n) is 10.9. The zero-order chi connectivity index (χ0) is 23.4. The standard InChI is InChI=1S/C24H52O3Si2/c1-14-24(27-16-23(26)15-25,28(17(2)3,18(4)5)19(6)7)29(20(8)9,21(10)11)22(12)13/h14,17-23,25-26H,1,15-16H2,2-13H3. The van der Waals surface area contributed by atoms with Gasteiger partial charge < -0.3 is 14.9 Å². The third kappa shape index (κ3) is 4.50. The van der Waals surface area contributed by atoms with Crippen LogP contribution in [0.1, 0.15) is 83.1 Å². The Kier molecular flexibility index (Phi) is 11.1. The topological polar surface area (TPSA) is 49.7 Å². The molecule has 0 aromatic heterocycles. The maximum absolute atomic E-state index is 10.3. The van der Waals surface area contributed by atoms with Crippen molar-refractivity contribution in [3.63, 3.8) is 0 Å². The van der Waals surface area contributed by atoms with Crippen molar-refractivity contribution in [3.8, 4) is 0 Å². The molecule has 29 heavy (non-hydrogen) atoms. The molecule has 0 fully saturated rings. The van der Waals surface area contributed by atoms with Gasteiger partial charge in [-0.1, -0.05) is 89.2 Å². The molecule has 0 aromatic rings. The van der Waals surface area contributed by atoms with E-state index in [-0.39, 0.29) is 13.2 Å². The first kappa shape index (κ1) is 29.1. The fourth-order valence-corrected chi connectivity index (χ4v) is 30.6. The Morgan fingerprint density at radius 1 is 0.724 bits per heavy atom. The monoisotopic (exact) mass is 444 g/mol. The summed E-state index contributed by atoms with van der Waals surface area (Å²) >= 11 is 0. The molecule has 0 aromatic carbocycles. The minimum atomic E-state index is -2.18. The molecule has 0 heterocycles. The predicted octanol–water partition coefficient (Wildman–Crippen LogP) is 6.72. The van der Waals surface area contributed by atoms with Gasteiger partial charge in [-0.2, -0.15) is 0 Å². The smallest absolute Gasteiger partial charge is 0.100 e. The van der Waals surface area contributed by atoms with Crippen LogP contribution in [0.4, 0.5) is 0 Å². The molecule has 0 spiro atoms. The van der Waals surface area contributed by atoms with Crippen molar-refractivity contribution in [2.24, 2.45) is 0 Å². The van der Waals surface area contributed by atoms with E-state index in [2.05, 4.69) is 95.7 Å². The molecule has 1 unspecified atom stereocenters. The maximum atomic E-state index is 10.3. The average Bonchev–Trinajstić information content (AvgIpc) is 2.57. The van der Waals surface area contributed by atoms with Gasteiger partial charge in [0.2, 0.25) is 0 Å². The van der Waals surface area contributed by atoms with Gasteiger partial charge in [-0.05, 0) is 33.2 Å². The molecule has 0 radical (unpaired) electrons. The molecular weight excluding hydrogens is 392 g/mol. The van der Waals surface area contributed by atoms with Crippen LogP contribution in [0.25, 0.3) is 0 Å². The molecule has 0 aliphatic carbocycles. The van der Waals surface area contributed by atoms with Gasteiger partial charge in [-0.25, -0.2) is 0 Å². The summed E-state index contributed by atoms with van der Waals surface area (Å²) in [6.45, 7) is 33.0. The third-order valence-electron chi connectivity index (χ3n) is 8.02. The Bertz CT molecular complexity index is 423. The summed E-state index contributed by atoms with van der Waals surface area (Å²) in [4.78, 5) is -0.400. The van der Waals surface area contributed by atoms with E-state index in [0.717, 1.165) is 0 Å². The number of rotatable bonds is 13. The van der Waals surface area contributed by atoms with E-state index in [4.69, 9.17) is 4.74 Å². The van der Waals surface area contributed by atoms with E-state index in [1.165, 1.54) is 0 Å². The first-order valence-corrected chi connectivity index (χ1v) is 16.2. The predicted molar refractivity (Wildman–Crippen MR) is 134 cm³/mol. The lowest BCUT2D eigenvalue weighted by Crippen LogP contribution is -2.79. The lowest BCUT2D eigenvalue weighted by atomic mass is 10.4. The highest BCUT2D eigenvalue weighted by molar-refractivity contribution is 7.05. The van der Waals surface area contributed by atoms with Gasteiger partial charge in [-0.3, -0.25) is 0 Å². The van der Waals surface area contributed by atoms with Crippen molar-refractivity contribution in [1.82, 2.24) is 0 Å². The first-order chi connectivity index (χ1) is 13.2. The number of ether oxygens (including phenoxy) is 1. The van der Waals surface area contributed by atoms with Gasteiger partial charge in [0.05, 0.1) is 34.2 Å². The summed E-state index contributed by atoms with van der Waals surface area (Å²) < 4.78 is 7.03. The molecular formula is C24H52O3Si2. The molecule has 5 heteroatoms. The van der Waals surface area contributed by atoms with Crippen LogP contribution in [0.15, 0.2) is 12.7 Å². The molecule has 0 saturated heterocycles. The number of hydrogen-bond acceptors (Lipinski definition) is 3. The Morgan fingerprint density at radius 3 is 1.17 bits per heavy atom. The Balaban J connectivity index is 7.52. The van der Waals surface area contributed by atoms with Crippen molar-refractivity contribution in [3.05, 3.63) is 12.7 Å². The molecule has 0 amide bonds. The summed E-state index contributed by atoms with van der Waals surface area (Å²) in [6, 6.07) is 0. The second-order valence-corrected chi connectivity index (χ2v) is 23.5. The van der Waals surface area contributed by atoms with Crippen LogP contribution in [-0.2, 0) is 4.74 Å². The third-order valence-corrected chi connectivity index (χ3v) is 25.4. The molecule has 2 N–H and O–H groups in total. The average molecular weight is 445 g/mol. The van der Waals surface area contributed by atoms with Crippen LogP contribution >= 0.6 is 0 Å². The van der Waals surface area contributed by atoms with E-state index < -0.39 is 27.1 Å². The highest BCUT2D eigenvalue weighted by Crippen LogP contribution is 2.61. The zero-order valence-corrected chi connectivity index (χ0v) is 23.5. The van der Waals surface area contributed by atoms with E-state index in [1.807, 2.05) is 0 Å². The SMILES string of the molecule is C=CC(OCC(O)CO)([Si](C(C)C)(C(C)C)C(C)C)[Si](C(C)C)(C(C)C)C(C)C. The van der Waals surface area contributed by atoms with Crippen LogP contribution in [-0.4, -0.2) is 50.5 Å². The lowest BCUT2D eigenvalue weighted by Gasteiger charge is -2.66. The van der Waals surface area contributed by atoms with Crippen LogP contribution in [0.3, 0.4) is 0 Å². The van der Waals surface area contributed by atoms with Crippen LogP contribution < -0.4 is 0 Å². The van der Waals surface area contributed by atoms with E-state index >= 15 is 0 Å². The number of hydrogen-bond donors (Lipinski definition) is 2. The minimum absolute atomic E-state index is 0.171. The highest BCUT2D eigenvalue weighted by atomic mass is 28.4. The van der Waals surface area contributed by atoms with Gasteiger partial charge in [0.25, 0.3) is 0 Å². The van der Waals surface area contributed by atoms with Gasteiger partial charge in [0.1, 0.15) is 6.10 Å². The summed E-state index contributed by atoms with van der Waals surface area (Å²) in [5.41, 5.74) is 3.05. The Labute approximate surface area is 184 Å². The van der Waals surface area contributed by atoms with Crippen molar-refractivity contribution in [1.29, 1.82) is 0 Å². The normalized spacial score (nSPS) is 15.4. The van der Waals surface area contributed by atoms with Gasteiger partial charge in [0, 0.05) is 0 Å². The van der Waals surface area contributed by atoms with Gasteiger partial charge >= 0.3 is 0 Å². The molecule has 0 bridgehead atoms. The number of aliphatic hydroxyl groups is 2. The molecule has 0 saturated carbocycles. The van der Waals surface area contributed by atoms with Crippen LogP contribution in [0.2, 0.25) is 33.2 Å². The number of aliphatic hydroxyl groups excluding tert-OH is 2. The first-order valence-electron chi connectivity index (χ1n) is 11.7. The molecule has 3 nitrogen and oxygen atoms in total. The van der Waals surface area contributed by atoms with Gasteiger partial charge in [-0.15, -0.1) is 6.58 Å². The van der Waals surface area contributed by atoms with E-state index in [9.17, 15) is 10.2 Å². The molecule has 174 valence electrons. The van der Waals surface area contributed by atoms with Gasteiger partial charge in [0.15, 0.2) is 0 Å². The lowest BCUT2D eigenvalue weighted by molar-refractivity contribution is -0.0148. The summed E-state index contributed by atoms with van der Waals surface area (Å²) in [7, 11) is -4.36. The molecule has 1 atom stereocenters. The molecule has 0 rings (SSSR count). The fourth-order valence-electron chi connectivity index (χ4n) is 7.89. The Morgan fingerprint density at radius 2 is 1.00 bits per heavy atom. The van der Waals surface area contributed by atoms with Crippen molar-refractivity contribution in [2.45, 2.75) is 127 Å². The molecule has 0 aliphatic heterocycles. The van der Waals surface area contributed by atoms with Crippen LogP contribution in [0, 0.1) is 0 Å². The summed E-state index contributed by atoms with van der Waals surface area (Å²) in [5, 5.41) is 19.8. The largest absolute Gasteiger partial charge is 0.394 e. The maximum Gasteiger partial charge on any atom is 0.100 e. The van der Waals surface area contributed by atoms with E-state index in [0.29, 0.717) is 33.2 Å². The van der Waals surface area contributed by atoms with Crippen molar-refractivity contribution in [2.75, 3.05) is 13.2 Å². The second kappa shape index (κ2) is 11.1. The quantitative estimate of drug-likeness (QED) is 0.245. The zero-order valence-electron chi connectivity index (χ0n) is 21.5. The Hall–Kier alpha value is 0.0538. The van der Waals surface area contributed by atoms with Crippen LogP contribution in [0.5, 0.6) is 0 Å². The highest BCUT2D eigenvalue weighted by Gasteiger charge is 2.70. The summed E-state index contributed by atoms with van der Waals surface area (Å²) in [5.74, 6) is 0. The fraction of sp³-hybridized carbons (Fsp3) is 0.917. The van der Waals surface area contributed by atoms with Crippen molar-refractivity contribution >= 4 is 16.1 Å². The van der Waals surface area contributed by atoms with E-state index in [1.54, 1.807) is 0 Å². The minimum Gasteiger partial charge on any atom is -0.394 e. The summed E-state index contributed by atoms with van der Waals surface area (Å²) in [6.07, 6.45) is 1.33.